The van der Waals surface area contributed by atoms with Gasteiger partial charge in [-0.3, -0.25) is 0 Å². The standard InChI is InChI=1S/C14H19ClF2N2O3S/c15-11-8-10(4-5-12(11)22-13(16)17)23(20,21)19-9-14(18)6-2-1-3-7-14/h4-5,8,13,19H,1-3,6-7,9,18H2. The molecule has 0 saturated heterocycles. The molecule has 1 aromatic carbocycles. The van der Waals surface area contributed by atoms with Gasteiger partial charge >= 0.3 is 6.61 Å². The van der Waals surface area contributed by atoms with E-state index in [1.807, 2.05) is 0 Å². The Morgan fingerprint density at radius 3 is 2.52 bits per heavy atom. The molecule has 0 amide bonds. The Balaban J connectivity index is 2.08. The maximum absolute atomic E-state index is 12.3. The summed E-state index contributed by atoms with van der Waals surface area (Å²) in [5.41, 5.74) is 5.65. The SMILES string of the molecule is NC1(CNS(=O)(=O)c2ccc(OC(F)F)c(Cl)c2)CCCCC1. The van der Waals surface area contributed by atoms with Crippen molar-refractivity contribution in [3.8, 4) is 5.75 Å². The van der Waals surface area contributed by atoms with Crippen LogP contribution in [0.15, 0.2) is 23.1 Å². The Bertz CT molecular complexity index is 649. The van der Waals surface area contributed by atoms with Gasteiger partial charge in [-0.2, -0.15) is 8.78 Å². The molecular weight excluding hydrogens is 350 g/mol. The minimum atomic E-state index is -3.82. The summed E-state index contributed by atoms with van der Waals surface area (Å²) in [5, 5.41) is -0.201. The number of hydrogen-bond donors (Lipinski definition) is 2. The van der Waals surface area contributed by atoms with Crippen LogP contribution in [0.4, 0.5) is 8.78 Å². The fourth-order valence-corrected chi connectivity index (χ4v) is 4.05. The normalized spacial score (nSPS) is 18.1. The van der Waals surface area contributed by atoms with E-state index in [2.05, 4.69) is 9.46 Å². The molecular formula is C14H19ClF2N2O3S. The van der Waals surface area contributed by atoms with E-state index >= 15 is 0 Å². The molecule has 0 aromatic heterocycles. The lowest BCUT2D eigenvalue weighted by molar-refractivity contribution is -0.0498. The van der Waals surface area contributed by atoms with Crippen LogP contribution in [0.25, 0.3) is 0 Å². The van der Waals surface area contributed by atoms with Crippen molar-refractivity contribution in [1.82, 2.24) is 4.72 Å². The van der Waals surface area contributed by atoms with Crippen molar-refractivity contribution in [2.45, 2.75) is 49.2 Å². The van der Waals surface area contributed by atoms with E-state index in [9.17, 15) is 17.2 Å². The highest BCUT2D eigenvalue weighted by Crippen LogP contribution is 2.29. The third kappa shape index (κ3) is 5.00. The zero-order valence-corrected chi connectivity index (χ0v) is 14.0. The van der Waals surface area contributed by atoms with Gasteiger partial charge in [0.25, 0.3) is 0 Å². The summed E-state index contributed by atoms with van der Waals surface area (Å²) in [6.45, 7) is -2.90. The molecule has 9 heteroatoms. The Morgan fingerprint density at radius 2 is 1.96 bits per heavy atom. The summed E-state index contributed by atoms with van der Waals surface area (Å²) in [6.07, 6.45) is 4.58. The van der Waals surface area contributed by atoms with Gasteiger partial charge < -0.3 is 10.5 Å². The average Bonchev–Trinajstić information content (AvgIpc) is 2.48. The van der Waals surface area contributed by atoms with E-state index in [0.717, 1.165) is 50.3 Å². The van der Waals surface area contributed by atoms with E-state index in [1.54, 1.807) is 0 Å². The minimum Gasteiger partial charge on any atom is -0.433 e. The van der Waals surface area contributed by atoms with Crippen molar-refractivity contribution in [2.75, 3.05) is 6.54 Å². The Morgan fingerprint density at radius 1 is 1.30 bits per heavy atom. The van der Waals surface area contributed by atoms with Crippen LogP contribution in [-0.4, -0.2) is 27.1 Å². The van der Waals surface area contributed by atoms with Gasteiger partial charge in [-0.05, 0) is 31.0 Å². The number of halogens is 3. The first-order chi connectivity index (χ1) is 10.7. The van der Waals surface area contributed by atoms with E-state index in [-0.39, 0.29) is 22.2 Å². The molecule has 1 aliphatic rings. The van der Waals surface area contributed by atoms with Crippen molar-refractivity contribution in [2.24, 2.45) is 5.73 Å². The molecule has 1 aliphatic carbocycles. The molecule has 23 heavy (non-hydrogen) atoms. The van der Waals surface area contributed by atoms with Crippen LogP contribution in [0.1, 0.15) is 32.1 Å². The third-order valence-corrected chi connectivity index (χ3v) is 5.59. The summed E-state index contributed by atoms with van der Waals surface area (Å²) in [6, 6.07) is 3.34. The van der Waals surface area contributed by atoms with Crippen LogP contribution >= 0.6 is 11.6 Å². The number of benzene rings is 1. The van der Waals surface area contributed by atoms with Gasteiger partial charge in [-0.1, -0.05) is 30.9 Å². The van der Waals surface area contributed by atoms with Crippen molar-refractivity contribution in [3.05, 3.63) is 23.2 Å². The fourth-order valence-electron chi connectivity index (χ4n) is 2.60. The monoisotopic (exact) mass is 368 g/mol. The molecule has 5 nitrogen and oxygen atoms in total. The van der Waals surface area contributed by atoms with Crippen LogP contribution < -0.4 is 15.2 Å². The molecule has 130 valence electrons. The quantitative estimate of drug-likeness (QED) is 0.809. The number of sulfonamides is 1. The first-order valence-corrected chi connectivity index (χ1v) is 9.11. The second-order valence-corrected chi connectivity index (χ2v) is 7.89. The fraction of sp³-hybridized carbons (Fsp3) is 0.571. The van der Waals surface area contributed by atoms with Crippen LogP contribution in [-0.2, 0) is 10.0 Å². The molecule has 0 radical (unpaired) electrons. The molecule has 3 N–H and O–H groups in total. The largest absolute Gasteiger partial charge is 0.433 e. The smallest absolute Gasteiger partial charge is 0.387 e. The molecule has 1 saturated carbocycles. The summed E-state index contributed by atoms with van der Waals surface area (Å²) < 4.78 is 55.6. The number of rotatable bonds is 6. The zero-order chi connectivity index (χ0) is 17.1. The van der Waals surface area contributed by atoms with Crippen molar-refractivity contribution in [1.29, 1.82) is 0 Å². The van der Waals surface area contributed by atoms with Crippen molar-refractivity contribution >= 4 is 21.6 Å². The Labute approximate surface area is 139 Å². The minimum absolute atomic E-state index is 0.122. The highest BCUT2D eigenvalue weighted by Gasteiger charge is 2.29. The summed E-state index contributed by atoms with van der Waals surface area (Å²) in [7, 11) is -3.82. The maximum Gasteiger partial charge on any atom is 0.387 e. The lowest BCUT2D eigenvalue weighted by Crippen LogP contribution is -2.51. The van der Waals surface area contributed by atoms with Gasteiger partial charge in [0.05, 0.1) is 9.92 Å². The first-order valence-electron chi connectivity index (χ1n) is 7.25. The van der Waals surface area contributed by atoms with Gasteiger partial charge in [0.1, 0.15) is 5.75 Å². The van der Waals surface area contributed by atoms with Crippen molar-refractivity contribution in [3.63, 3.8) is 0 Å². The van der Waals surface area contributed by atoms with Crippen LogP contribution in [0.5, 0.6) is 5.75 Å². The molecule has 0 heterocycles. The third-order valence-electron chi connectivity index (χ3n) is 3.89. The van der Waals surface area contributed by atoms with Crippen molar-refractivity contribution < 1.29 is 21.9 Å². The Hall–Kier alpha value is -0.960. The molecule has 0 spiro atoms. The van der Waals surface area contributed by atoms with E-state index in [1.165, 1.54) is 0 Å². The molecule has 2 rings (SSSR count). The van der Waals surface area contributed by atoms with Gasteiger partial charge in [0.15, 0.2) is 0 Å². The maximum atomic E-state index is 12.3. The highest BCUT2D eigenvalue weighted by atomic mass is 35.5. The molecule has 1 fully saturated rings. The number of nitrogens with one attached hydrogen (secondary N) is 1. The molecule has 0 atom stereocenters. The van der Waals surface area contributed by atoms with Crippen LogP contribution in [0.2, 0.25) is 5.02 Å². The summed E-state index contributed by atoms with van der Waals surface area (Å²) in [4.78, 5) is -0.122. The molecule has 1 aromatic rings. The zero-order valence-electron chi connectivity index (χ0n) is 12.4. The first kappa shape index (κ1) is 18.4. The van der Waals surface area contributed by atoms with Crippen LogP contribution in [0.3, 0.4) is 0 Å². The van der Waals surface area contributed by atoms with Crippen LogP contribution in [0, 0.1) is 0 Å². The number of ether oxygens (including phenoxy) is 1. The molecule has 0 bridgehead atoms. The van der Waals surface area contributed by atoms with E-state index in [0.29, 0.717) is 0 Å². The Kier molecular flexibility index (Phi) is 5.83. The second-order valence-electron chi connectivity index (χ2n) is 5.72. The van der Waals surface area contributed by atoms with Gasteiger partial charge in [0.2, 0.25) is 10.0 Å². The summed E-state index contributed by atoms with van der Waals surface area (Å²) >= 11 is 5.78. The topological polar surface area (TPSA) is 81.4 Å². The van der Waals surface area contributed by atoms with E-state index in [4.69, 9.17) is 17.3 Å². The molecule has 0 unspecified atom stereocenters. The number of nitrogens with two attached hydrogens (primary N) is 1. The van der Waals surface area contributed by atoms with E-state index < -0.39 is 22.2 Å². The van der Waals surface area contributed by atoms with Gasteiger partial charge in [0, 0.05) is 12.1 Å². The second kappa shape index (κ2) is 7.29. The van der Waals surface area contributed by atoms with Gasteiger partial charge in [-0.15, -0.1) is 0 Å². The lowest BCUT2D eigenvalue weighted by atomic mass is 9.83. The predicted octanol–water partition coefficient (Wildman–Crippen LogP) is 2.88. The predicted molar refractivity (Wildman–Crippen MR) is 83.3 cm³/mol. The van der Waals surface area contributed by atoms with Gasteiger partial charge in [-0.25, -0.2) is 13.1 Å². The summed E-state index contributed by atoms with van der Waals surface area (Å²) in [5.74, 6) is -0.275. The number of alkyl halides is 2. The average molecular weight is 369 g/mol. The molecule has 0 aliphatic heterocycles. The highest BCUT2D eigenvalue weighted by molar-refractivity contribution is 7.89. The number of hydrogen-bond acceptors (Lipinski definition) is 4. The lowest BCUT2D eigenvalue weighted by Gasteiger charge is -2.33.